The zero-order valence-electron chi connectivity index (χ0n) is 14.3. The van der Waals surface area contributed by atoms with Gasteiger partial charge in [0.05, 0.1) is 0 Å². The van der Waals surface area contributed by atoms with Crippen LogP contribution < -0.4 is 20.1 Å². The highest BCUT2D eigenvalue weighted by Crippen LogP contribution is 2.33. The summed E-state index contributed by atoms with van der Waals surface area (Å²) < 4.78 is 11.2. The van der Waals surface area contributed by atoms with Gasteiger partial charge >= 0.3 is 0 Å². The average molecular weight is 328 g/mol. The summed E-state index contributed by atoms with van der Waals surface area (Å²) in [6.07, 6.45) is 3.57. The van der Waals surface area contributed by atoms with Crippen molar-refractivity contribution in [3.8, 4) is 11.5 Å². The largest absolute Gasteiger partial charge is 0.486 e. The van der Waals surface area contributed by atoms with Gasteiger partial charge in [0.2, 0.25) is 0 Å². The van der Waals surface area contributed by atoms with Gasteiger partial charge in [-0.3, -0.25) is 0 Å². The summed E-state index contributed by atoms with van der Waals surface area (Å²) in [6, 6.07) is 7.73. The van der Waals surface area contributed by atoms with E-state index in [9.17, 15) is 0 Å². The fourth-order valence-corrected chi connectivity index (χ4v) is 2.58. The number of aryl methyl sites for hydroxylation is 1. The lowest BCUT2D eigenvalue weighted by Crippen LogP contribution is -2.15. The van der Waals surface area contributed by atoms with Crippen molar-refractivity contribution in [2.45, 2.75) is 33.1 Å². The van der Waals surface area contributed by atoms with Crippen LogP contribution in [0.1, 0.15) is 32.0 Å². The summed E-state index contributed by atoms with van der Waals surface area (Å²) in [5, 5.41) is 6.67. The number of hydrogen-bond donors (Lipinski definition) is 2. The van der Waals surface area contributed by atoms with Gasteiger partial charge in [0.25, 0.3) is 0 Å². The molecule has 0 atom stereocenters. The van der Waals surface area contributed by atoms with Gasteiger partial charge in [-0.1, -0.05) is 19.8 Å². The van der Waals surface area contributed by atoms with Gasteiger partial charge in [0.15, 0.2) is 11.5 Å². The third-order valence-electron chi connectivity index (χ3n) is 3.74. The highest BCUT2D eigenvalue weighted by atomic mass is 16.6. The van der Waals surface area contributed by atoms with Gasteiger partial charge in [-0.05, 0) is 25.5 Å². The molecule has 0 bridgehead atoms. The summed E-state index contributed by atoms with van der Waals surface area (Å²) >= 11 is 0. The highest BCUT2D eigenvalue weighted by Gasteiger charge is 2.12. The molecule has 1 aliphatic heterocycles. The smallest absolute Gasteiger partial charge is 0.163 e. The Morgan fingerprint density at radius 2 is 1.79 bits per heavy atom. The molecule has 0 saturated carbocycles. The maximum atomic E-state index is 5.62. The molecule has 1 aromatic heterocycles. The zero-order chi connectivity index (χ0) is 16.8. The first-order valence-corrected chi connectivity index (χ1v) is 8.51. The van der Waals surface area contributed by atoms with E-state index in [1.165, 1.54) is 12.8 Å². The van der Waals surface area contributed by atoms with Crippen molar-refractivity contribution >= 4 is 17.3 Å². The highest BCUT2D eigenvalue weighted by molar-refractivity contribution is 5.63. The van der Waals surface area contributed by atoms with Crippen LogP contribution in [0, 0.1) is 6.92 Å². The van der Waals surface area contributed by atoms with E-state index in [2.05, 4.69) is 27.5 Å². The molecule has 6 nitrogen and oxygen atoms in total. The van der Waals surface area contributed by atoms with Gasteiger partial charge in [-0.25, -0.2) is 9.97 Å². The number of aromatic nitrogens is 2. The Balaban J connectivity index is 1.69. The van der Waals surface area contributed by atoms with Crippen molar-refractivity contribution in [2.24, 2.45) is 0 Å². The topological polar surface area (TPSA) is 68.3 Å². The summed E-state index contributed by atoms with van der Waals surface area (Å²) in [5.41, 5.74) is 0.911. The monoisotopic (exact) mass is 328 g/mol. The van der Waals surface area contributed by atoms with Crippen LogP contribution in [0.4, 0.5) is 17.3 Å². The van der Waals surface area contributed by atoms with E-state index in [1.807, 2.05) is 31.2 Å². The lowest BCUT2D eigenvalue weighted by molar-refractivity contribution is 0.171. The lowest BCUT2D eigenvalue weighted by atomic mass is 10.2. The van der Waals surface area contributed by atoms with Crippen LogP contribution in [-0.2, 0) is 0 Å². The van der Waals surface area contributed by atoms with Crippen molar-refractivity contribution < 1.29 is 9.47 Å². The number of hydrogen-bond acceptors (Lipinski definition) is 6. The molecule has 128 valence electrons. The van der Waals surface area contributed by atoms with Crippen LogP contribution in [0.3, 0.4) is 0 Å². The molecule has 2 N–H and O–H groups in total. The molecule has 1 aromatic carbocycles. The fraction of sp³-hybridized carbons (Fsp3) is 0.444. The molecule has 0 spiro atoms. The molecule has 3 rings (SSSR count). The van der Waals surface area contributed by atoms with Gasteiger partial charge < -0.3 is 20.1 Å². The van der Waals surface area contributed by atoms with Crippen molar-refractivity contribution in [3.63, 3.8) is 0 Å². The number of anilines is 3. The molecule has 0 radical (unpaired) electrons. The minimum absolute atomic E-state index is 0.578. The van der Waals surface area contributed by atoms with E-state index in [0.29, 0.717) is 13.2 Å². The Morgan fingerprint density at radius 1 is 1.00 bits per heavy atom. The van der Waals surface area contributed by atoms with Crippen LogP contribution in [0.25, 0.3) is 0 Å². The Morgan fingerprint density at radius 3 is 2.62 bits per heavy atom. The van der Waals surface area contributed by atoms with Gasteiger partial charge in [0.1, 0.15) is 30.7 Å². The zero-order valence-corrected chi connectivity index (χ0v) is 14.3. The number of nitrogens with zero attached hydrogens (tertiary/aromatic N) is 2. The van der Waals surface area contributed by atoms with Gasteiger partial charge in [-0.2, -0.15) is 0 Å². The van der Waals surface area contributed by atoms with E-state index < -0.39 is 0 Å². The molecule has 2 aromatic rings. The molecule has 0 saturated heterocycles. The van der Waals surface area contributed by atoms with Crippen molar-refractivity contribution in [1.29, 1.82) is 0 Å². The van der Waals surface area contributed by atoms with E-state index in [-0.39, 0.29) is 0 Å². The van der Waals surface area contributed by atoms with Crippen molar-refractivity contribution in [1.82, 2.24) is 9.97 Å². The minimum atomic E-state index is 0.578. The number of nitrogens with one attached hydrogen (secondary N) is 2. The molecule has 0 amide bonds. The quantitative estimate of drug-likeness (QED) is 0.751. The molecule has 2 heterocycles. The predicted molar refractivity (Wildman–Crippen MR) is 95.5 cm³/mol. The second-order valence-electron chi connectivity index (χ2n) is 5.80. The average Bonchev–Trinajstić information content (AvgIpc) is 2.58. The van der Waals surface area contributed by atoms with Gasteiger partial charge in [-0.15, -0.1) is 0 Å². The number of rotatable bonds is 7. The van der Waals surface area contributed by atoms with Crippen LogP contribution in [0.5, 0.6) is 11.5 Å². The molecule has 0 fully saturated rings. The summed E-state index contributed by atoms with van der Waals surface area (Å²) in [7, 11) is 0. The number of benzene rings is 1. The Hall–Kier alpha value is -2.50. The van der Waals surface area contributed by atoms with Crippen molar-refractivity contribution in [3.05, 3.63) is 30.1 Å². The Bertz CT molecular complexity index is 691. The van der Waals surface area contributed by atoms with E-state index >= 15 is 0 Å². The summed E-state index contributed by atoms with van der Waals surface area (Å²) in [4.78, 5) is 8.89. The van der Waals surface area contributed by atoms with E-state index in [0.717, 1.165) is 47.6 Å². The SMILES string of the molecule is CCCCCNc1cc(Nc2ccc3c(c2)OCCO3)nc(C)n1. The van der Waals surface area contributed by atoms with Crippen LogP contribution in [0.2, 0.25) is 0 Å². The molecule has 0 aliphatic carbocycles. The minimum Gasteiger partial charge on any atom is -0.486 e. The van der Waals surface area contributed by atoms with Crippen LogP contribution >= 0.6 is 0 Å². The fourth-order valence-electron chi connectivity index (χ4n) is 2.58. The molecular weight excluding hydrogens is 304 g/mol. The van der Waals surface area contributed by atoms with Crippen molar-refractivity contribution in [2.75, 3.05) is 30.4 Å². The molecular formula is C18H24N4O2. The molecule has 1 aliphatic rings. The maximum absolute atomic E-state index is 5.62. The third-order valence-corrected chi connectivity index (χ3v) is 3.74. The normalized spacial score (nSPS) is 12.8. The summed E-state index contributed by atoms with van der Waals surface area (Å²) in [5.74, 6) is 3.88. The molecule has 24 heavy (non-hydrogen) atoms. The van der Waals surface area contributed by atoms with Crippen LogP contribution in [0.15, 0.2) is 24.3 Å². The first-order chi connectivity index (χ1) is 11.7. The van der Waals surface area contributed by atoms with Crippen LogP contribution in [-0.4, -0.2) is 29.7 Å². The molecule has 0 unspecified atom stereocenters. The van der Waals surface area contributed by atoms with E-state index in [1.54, 1.807) is 0 Å². The number of fused-ring (bicyclic) bond motifs is 1. The maximum Gasteiger partial charge on any atom is 0.163 e. The Labute approximate surface area is 142 Å². The first kappa shape index (κ1) is 16.4. The predicted octanol–water partition coefficient (Wildman–Crippen LogP) is 3.90. The first-order valence-electron chi connectivity index (χ1n) is 8.51. The van der Waals surface area contributed by atoms with Gasteiger partial charge in [0, 0.05) is 24.4 Å². The van der Waals surface area contributed by atoms with E-state index in [4.69, 9.17) is 9.47 Å². The standard InChI is InChI=1S/C18H24N4O2/c1-3-4-5-8-19-17-12-18(21-13(2)20-17)22-14-6-7-15-16(11-14)24-10-9-23-15/h6-7,11-12H,3-5,8-10H2,1-2H3,(H2,19,20,21,22). The number of unbranched alkanes of at least 4 members (excludes halogenated alkanes) is 2. The lowest BCUT2D eigenvalue weighted by Gasteiger charge is -2.19. The summed E-state index contributed by atoms with van der Waals surface area (Å²) in [6.45, 7) is 6.19. The number of ether oxygens (including phenoxy) is 2. The third kappa shape index (κ3) is 4.28. The second-order valence-corrected chi connectivity index (χ2v) is 5.80. The molecule has 6 heteroatoms. The second kappa shape index (κ2) is 7.86. The Kier molecular flexibility index (Phi) is 5.36.